The fourth-order valence-corrected chi connectivity index (χ4v) is 5.23. The summed E-state index contributed by atoms with van der Waals surface area (Å²) >= 11 is 0. The number of urea groups is 1. The van der Waals surface area contributed by atoms with Crippen LogP contribution in [-0.2, 0) is 19.2 Å². The first-order valence-electron chi connectivity index (χ1n) is 16.5. The Hall–Kier alpha value is -3.76. The third kappa shape index (κ3) is 13.3. The summed E-state index contributed by atoms with van der Waals surface area (Å²) in [6.45, 7) is 18.5. The molecule has 1 aliphatic heterocycles. The van der Waals surface area contributed by atoms with Gasteiger partial charge in [-0.05, 0) is 43.4 Å². The van der Waals surface area contributed by atoms with Crippen molar-refractivity contribution in [2.24, 2.45) is 28.9 Å². The minimum Gasteiger partial charge on any atom is -0.363 e. The molecule has 2 aliphatic rings. The molecule has 1 aromatic rings. The molecule has 0 radical (unpaired) electrons. The zero-order valence-electron chi connectivity index (χ0n) is 29.2. The van der Waals surface area contributed by atoms with E-state index in [0.29, 0.717) is 24.4 Å². The van der Waals surface area contributed by atoms with E-state index in [9.17, 15) is 28.8 Å². The van der Waals surface area contributed by atoms with Gasteiger partial charge < -0.3 is 26.6 Å². The number of nitrogens with zero attached hydrogens (tertiary/aromatic N) is 1. The van der Waals surface area contributed by atoms with Gasteiger partial charge in [0.2, 0.25) is 18.1 Å². The van der Waals surface area contributed by atoms with Gasteiger partial charge >= 0.3 is 6.03 Å². The van der Waals surface area contributed by atoms with Gasteiger partial charge in [-0.15, -0.1) is 0 Å². The molecule has 11 nitrogen and oxygen atoms in total. The Labute approximate surface area is 275 Å². The van der Waals surface area contributed by atoms with Crippen LogP contribution in [0, 0.1) is 23.2 Å². The zero-order valence-corrected chi connectivity index (χ0v) is 29.2. The van der Waals surface area contributed by atoms with E-state index in [4.69, 9.17) is 0 Å². The molecule has 1 aromatic carbocycles. The number of Topliss-reactive ketones (excluding diaryl/α,β-unsaturated/α-hetero) is 2. The fourth-order valence-electron chi connectivity index (χ4n) is 5.23. The molecule has 1 saturated heterocycles. The zero-order chi connectivity index (χ0) is 35.2. The standard InChI is InChI=1S/C26H41N3O3.C5H8N2O3.C4H8/c1-8-19(9-2)21(22(30)20-13-11-10-12-14-20)27-25(32)28-23(26(5,6)7)24(31)29-16-17(3)15-18(29)4;1-3(7-2-8)4(9)5(6)10;1-4-2-3-4/h10-14,17-19,21,23H,8-9,15-16H2,1-7H3,(H2,27,28,32);2-3H,1H3,(H2,6,10)(H,7,8);4H,2-3H2,1H3/t17-,18-,21?,23?;;/m1../s1. The van der Waals surface area contributed by atoms with Crippen LogP contribution < -0.4 is 21.7 Å². The van der Waals surface area contributed by atoms with Crippen molar-refractivity contribution in [1.29, 1.82) is 0 Å². The fraction of sp³-hybridized carbons (Fsp3) is 0.657. The molecule has 258 valence electrons. The van der Waals surface area contributed by atoms with E-state index in [1.807, 2.05) is 57.7 Å². The van der Waals surface area contributed by atoms with Crippen LogP contribution in [0.2, 0.25) is 0 Å². The predicted octanol–water partition coefficient (Wildman–Crippen LogP) is 4.24. The van der Waals surface area contributed by atoms with Crippen LogP contribution in [0.3, 0.4) is 0 Å². The van der Waals surface area contributed by atoms with E-state index >= 15 is 0 Å². The Balaban J connectivity index is 0.000000622. The topological polar surface area (TPSA) is 168 Å². The lowest BCUT2D eigenvalue weighted by Crippen LogP contribution is -2.59. The second-order valence-electron chi connectivity index (χ2n) is 13.8. The highest BCUT2D eigenvalue weighted by atomic mass is 16.2. The Morgan fingerprint density at radius 2 is 1.50 bits per heavy atom. The highest BCUT2D eigenvalue weighted by Gasteiger charge is 2.40. The van der Waals surface area contributed by atoms with Gasteiger partial charge in [0.05, 0.1) is 12.1 Å². The number of ketones is 2. The maximum atomic E-state index is 13.4. The summed E-state index contributed by atoms with van der Waals surface area (Å²) in [4.78, 5) is 72.0. The summed E-state index contributed by atoms with van der Waals surface area (Å²) in [5.41, 5.74) is 4.74. The van der Waals surface area contributed by atoms with Gasteiger partial charge in [0.1, 0.15) is 6.04 Å². The van der Waals surface area contributed by atoms with Crippen molar-refractivity contribution in [3.63, 3.8) is 0 Å². The highest BCUT2D eigenvalue weighted by molar-refractivity contribution is 6.37. The van der Waals surface area contributed by atoms with Crippen molar-refractivity contribution in [3.8, 4) is 0 Å². The van der Waals surface area contributed by atoms with E-state index in [1.54, 1.807) is 12.1 Å². The largest absolute Gasteiger partial charge is 0.363 e. The molecule has 0 aromatic heterocycles. The van der Waals surface area contributed by atoms with Crippen LogP contribution in [-0.4, -0.2) is 71.4 Å². The van der Waals surface area contributed by atoms with Crippen LogP contribution in [0.4, 0.5) is 4.79 Å². The number of nitrogens with one attached hydrogen (secondary N) is 3. The first-order chi connectivity index (χ1) is 21.5. The van der Waals surface area contributed by atoms with E-state index in [2.05, 4.69) is 42.5 Å². The molecular weight excluding hydrogens is 586 g/mol. The maximum Gasteiger partial charge on any atom is 0.316 e. The summed E-state index contributed by atoms with van der Waals surface area (Å²) in [7, 11) is 0. The van der Waals surface area contributed by atoms with Crippen LogP contribution in [0.1, 0.15) is 105 Å². The molecule has 2 fully saturated rings. The Morgan fingerprint density at radius 1 is 0.957 bits per heavy atom. The number of likely N-dealkylation sites (tertiary alicyclic amines) is 1. The average Bonchev–Trinajstić information content (AvgIpc) is 3.71. The molecule has 3 rings (SSSR count). The lowest BCUT2D eigenvalue weighted by atomic mass is 9.85. The van der Waals surface area contributed by atoms with Gasteiger partial charge in [-0.2, -0.15) is 0 Å². The summed E-state index contributed by atoms with van der Waals surface area (Å²) in [6.07, 6.45) is 5.82. The molecule has 0 spiro atoms. The molecular formula is C35H57N5O6. The molecule has 1 saturated carbocycles. The van der Waals surface area contributed by atoms with Crippen molar-refractivity contribution >= 4 is 35.8 Å². The number of amides is 5. The summed E-state index contributed by atoms with van der Waals surface area (Å²) in [5, 5.41) is 7.93. The van der Waals surface area contributed by atoms with Crippen molar-refractivity contribution in [2.45, 2.75) is 119 Å². The Morgan fingerprint density at radius 3 is 1.89 bits per heavy atom. The van der Waals surface area contributed by atoms with Gasteiger partial charge in [-0.3, -0.25) is 24.0 Å². The van der Waals surface area contributed by atoms with Crippen molar-refractivity contribution < 1.29 is 28.8 Å². The number of primary amides is 1. The first kappa shape index (κ1) is 40.3. The third-order valence-electron chi connectivity index (χ3n) is 8.42. The monoisotopic (exact) mass is 643 g/mol. The molecule has 5 N–H and O–H groups in total. The lowest BCUT2D eigenvalue weighted by Gasteiger charge is -2.35. The van der Waals surface area contributed by atoms with E-state index in [0.717, 1.165) is 25.2 Å². The number of benzene rings is 1. The highest BCUT2D eigenvalue weighted by Crippen LogP contribution is 2.28. The Bertz CT molecular complexity index is 1160. The summed E-state index contributed by atoms with van der Waals surface area (Å²) in [6, 6.07) is 6.59. The smallest absolute Gasteiger partial charge is 0.316 e. The van der Waals surface area contributed by atoms with Crippen molar-refractivity contribution in [1.82, 2.24) is 20.9 Å². The van der Waals surface area contributed by atoms with Crippen LogP contribution in [0.15, 0.2) is 30.3 Å². The van der Waals surface area contributed by atoms with Gasteiger partial charge in [0, 0.05) is 18.2 Å². The van der Waals surface area contributed by atoms with Crippen LogP contribution >= 0.6 is 0 Å². The quantitative estimate of drug-likeness (QED) is 0.151. The number of rotatable bonds is 12. The third-order valence-corrected chi connectivity index (χ3v) is 8.42. The number of carbonyl (C=O) groups excluding carboxylic acids is 6. The first-order valence-corrected chi connectivity index (χ1v) is 16.5. The normalized spacial score (nSPS) is 19.2. The average molecular weight is 644 g/mol. The molecule has 3 unspecified atom stereocenters. The van der Waals surface area contributed by atoms with Crippen LogP contribution in [0.25, 0.3) is 0 Å². The van der Waals surface area contributed by atoms with Gasteiger partial charge in [-0.25, -0.2) is 4.79 Å². The number of hydrogen-bond donors (Lipinski definition) is 4. The second-order valence-corrected chi connectivity index (χ2v) is 13.8. The number of nitrogens with two attached hydrogens (primary N) is 1. The van der Waals surface area contributed by atoms with Gasteiger partial charge in [-0.1, -0.05) is 104 Å². The van der Waals surface area contributed by atoms with E-state index < -0.39 is 41.3 Å². The molecule has 1 heterocycles. The molecule has 46 heavy (non-hydrogen) atoms. The maximum absolute atomic E-state index is 13.4. The van der Waals surface area contributed by atoms with E-state index in [-0.39, 0.29) is 23.7 Å². The van der Waals surface area contributed by atoms with Crippen molar-refractivity contribution in [2.75, 3.05) is 6.54 Å². The molecule has 1 aliphatic carbocycles. The minimum absolute atomic E-state index is 0.0108. The lowest BCUT2D eigenvalue weighted by molar-refractivity contribution is -0.137. The minimum atomic E-state index is -1.04. The summed E-state index contributed by atoms with van der Waals surface area (Å²) < 4.78 is 0. The van der Waals surface area contributed by atoms with Crippen molar-refractivity contribution in [3.05, 3.63) is 35.9 Å². The van der Waals surface area contributed by atoms with Gasteiger partial charge in [0.25, 0.3) is 5.91 Å². The molecule has 11 heteroatoms. The molecule has 5 atom stereocenters. The second kappa shape index (κ2) is 19.0. The number of hydrogen-bond acceptors (Lipinski definition) is 6. The SMILES string of the molecule is CC(NC=O)C(=O)C(N)=O.CC1CC1.CCC(CC)C(NC(=O)NC(C(=O)N1C[C@H](C)C[C@H]1C)C(C)(C)C)C(=O)c1ccccc1. The number of carbonyl (C=O) groups is 6. The molecule has 5 amide bonds. The van der Waals surface area contributed by atoms with Crippen LogP contribution in [0.5, 0.6) is 0 Å². The predicted molar refractivity (Wildman–Crippen MR) is 180 cm³/mol. The van der Waals surface area contributed by atoms with Gasteiger partial charge in [0.15, 0.2) is 5.78 Å². The Kier molecular flexibility index (Phi) is 16.7. The summed E-state index contributed by atoms with van der Waals surface area (Å²) in [5.74, 6) is -0.454. The molecule has 0 bridgehead atoms. The van der Waals surface area contributed by atoms with E-state index in [1.165, 1.54) is 19.8 Å².